The van der Waals surface area contributed by atoms with Gasteiger partial charge in [-0.3, -0.25) is 0 Å². The van der Waals surface area contributed by atoms with Gasteiger partial charge in [0.25, 0.3) is 0 Å². The Morgan fingerprint density at radius 1 is 1.11 bits per heavy atom. The smallest absolute Gasteiger partial charge is 0.352 e. The molecular weight excluding hydrogens is 493 g/mol. The van der Waals surface area contributed by atoms with Crippen molar-refractivity contribution in [1.82, 2.24) is 19.9 Å². The second kappa shape index (κ2) is 10.7. The minimum absolute atomic E-state index is 0.0440. The lowest BCUT2D eigenvalue weighted by molar-refractivity contribution is -0.137. The number of halogens is 4. The van der Waals surface area contributed by atoms with E-state index in [9.17, 15) is 13.2 Å². The topological polar surface area (TPSA) is 73.3 Å². The molecule has 36 heavy (non-hydrogen) atoms. The number of benzene rings is 1. The summed E-state index contributed by atoms with van der Waals surface area (Å²) in [4.78, 5) is 24.4. The Hall–Kier alpha value is -3.34. The SMILES string of the molecule is CCCN(C)c1nc(Nc2ccc(C(F)(F)F)cc2)nc(N2CCN(c3ncccc3Cl)CC2C)n1. The number of rotatable bonds is 7. The van der Waals surface area contributed by atoms with Crippen molar-refractivity contribution in [1.29, 1.82) is 0 Å². The zero-order valence-corrected chi connectivity index (χ0v) is 21.1. The molecule has 1 saturated heterocycles. The third-order valence-electron chi connectivity index (χ3n) is 5.90. The Bertz CT molecular complexity index is 1170. The first-order chi connectivity index (χ1) is 17.2. The molecule has 1 N–H and O–H groups in total. The Balaban J connectivity index is 1.59. The van der Waals surface area contributed by atoms with E-state index in [1.807, 2.05) is 18.0 Å². The van der Waals surface area contributed by atoms with Crippen LogP contribution >= 0.6 is 11.6 Å². The number of anilines is 5. The van der Waals surface area contributed by atoms with Gasteiger partial charge in [0.1, 0.15) is 5.82 Å². The summed E-state index contributed by atoms with van der Waals surface area (Å²) in [5.74, 6) is 1.99. The van der Waals surface area contributed by atoms with Gasteiger partial charge in [-0.2, -0.15) is 28.1 Å². The van der Waals surface area contributed by atoms with Crippen LogP contribution in [0.5, 0.6) is 0 Å². The van der Waals surface area contributed by atoms with Crippen molar-refractivity contribution < 1.29 is 13.2 Å². The zero-order chi connectivity index (χ0) is 25.9. The largest absolute Gasteiger partial charge is 0.416 e. The maximum atomic E-state index is 12.9. The quantitative estimate of drug-likeness (QED) is 0.453. The Labute approximate surface area is 213 Å². The molecule has 0 bridgehead atoms. The molecule has 8 nitrogen and oxygen atoms in total. The van der Waals surface area contributed by atoms with Crippen molar-refractivity contribution in [2.45, 2.75) is 32.5 Å². The lowest BCUT2D eigenvalue weighted by Crippen LogP contribution is -2.53. The van der Waals surface area contributed by atoms with E-state index < -0.39 is 11.7 Å². The number of nitrogens with one attached hydrogen (secondary N) is 1. The van der Waals surface area contributed by atoms with Gasteiger partial charge in [-0.05, 0) is 49.7 Å². The Kier molecular flexibility index (Phi) is 7.67. The standard InChI is InChI=1S/C24H28ClF3N8/c1-4-12-34(3)22-31-21(30-18-9-7-17(8-10-18)24(26,27)28)32-23(33-22)36-14-13-35(15-16(36)2)20-19(25)6-5-11-29-20/h5-11,16H,4,12-15H2,1-3H3,(H,30,31,32,33). The molecule has 0 spiro atoms. The third kappa shape index (κ3) is 5.89. The number of hydrogen-bond donors (Lipinski definition) is 1. The summed E-state index contributed by atoms with van der Waals surface area (Å²) in [5, 5.41) is 3.64. The van der Waals surface area contributed by atoms with Gasteiger partial charge in [0.15, 0.2) is 0 Å². The normalized spacial score (nSPS) is 16.2. The second-order valence-electron chi connectivity index (χ2n) is 8.68. The molecule has 4 rings (SSSR count). The maximum Gasteiger partial charge on any atom is 0.416 e. The molecule has 1 atom stereocenters. The molecule has 12 heteroatoms. The van der Waals surface area contributed by atoms with Gasteiger partial charge in [-0.15, -0.1) is 0 Å². The fourth-order valence-corrected chi connectivity index (χ4v) is 4.31. The van der Waals surface area contributed by atoms with Gasteiger partial charge in [0.2, 0.25) is 17.8 Å². The van der Waals surface area contributed by atoms with E-state index in [1.54, 1.807) is 12.3 Å². The Morgan fingerprint density at radius 2 is 1.86 bits per heavy atom. The molecule has 0 aliphatic carbocycles. The molecule has 1 aliphatic heterocycles. The molecule has 1 aliphatic rings. The van der Waals surface area contributed by atoms with Crippen LogP contribution in [0.25, 0.3) is 0 Å². The molecule has 3 heterocycles. The summed E-state index contributed by atoms with van der Waals surface area (Å²) in [6, 6.07) is 8.44. The Morgan fingerprint density at radius 3 is 2.50 bits per heavy atom. The molecule has 3 aromatic rings. The molecular formula is C24H28ClF3N8. The molecule has 0 saturated carbocycles. The van der Waals surface area contributed by atoms with E-state index in [2.05, 4.69) is 43.9 Å². The third-order valence-corrected chi connectivity index (χ3v) is 6.20. The molecule has 1 fully saturated rings. The van der Waals surface area contributed by atoms with Crippen LogP contribution in [-0.2, 0) is 6.18 Å². The molecule has 1 unspecified atom stereocenters. The fourth-order valence-electron chi connectivity index (χ4n) is 4.07. The van der Waals surface area contributed by atoms with Crippen LogP contribution in [0.15, 0.2) is 42.6 Å². The monoisotopic (exact) mass is 520 g/mol. The lowest BCUT2D eigenvalue weighted by atomic mass is 10.2. The highest BCUT2D eigenvalue weighted by Crippen LogP contribution is 2.31. The summed E-state index contributed by atoms with van der Waals surface area (Å²) in [5.41, 5.74) is -0.264. The van der Waals surface area contributed by atoms with Crippen LogP contribution in [0.3, 0.4) is 0 Å². The summed E-state index contributed by atoms with van der Waals surface area (Å²) in [6.07, 6.45) is -1.77. The van der Waals surface area contributed by atoms with Gasteiger partial charge < -0.3 is 20.0 Å². The van der Waals surface area contributed by atoms with Crippen molar-refractivity contribution in [3.63, 3.8) is 0 Å². The van der Waals surface area contributed by atoms with Gasteiger partial charge in [-0.25, -0.2) is 4.98 Å². The first kappa shape index (κ1) is 25.7. The molecule has 0 radical (unpaired) electrons. The van der Waals surface area contributed by atoms with Crippen molar-refractivity contribution in [2.75, 3.05) is 53.2 Å². The summed E-state index contributed by atoms with van der Waals surface area (Å²) in [6.45, 7) is 6.85. The number of alkyl halides is 3. The van der Waals surface area contributed by atoms with Crippen molar-refractivity contribution >= 4 is 41.0 Å². The highest BCUT2D eigenvalue weighted by Gasteiger charge is 2.30. The van der Waals surface area contributed by atoms with Gasteiger partial charge in [0, 0.05) is 51.2 Å². The van der Waals surface area contributed by atoms with Crippen LogP contribution in [0.1, 0.15) is 25.8 Å². The van der Waals surface area contributed by atoms with Gasteiger partial charge >= 0.3 is 6.18 Å². The maximum absolute atomic E-state index is 12.9. The molecule has 1 aromatic carbocycles. The second-order valence-corrected chi connectivity index (χ2v) is 9.09. The minimum Gasteiger partial charge on any atom is -0.352 e. The molecule has 0 amide bonds. The lowest BCUT2D eigenvalue weighted by Gasteiger charge is -2.40. The van der Waals surface area contributed by atoms with Crippen molar-refractivity contribution in [3.8, 4) is 0 Å². The van der Waals surface area contributed by atoms with E-state index in [-0.39, 0.29) is 12.0 Å². The number of aromatic nitrogens is 4. The highest BCUT2D eigenvalue weighted by atomic mass is 35.5. The van der Waals surface area contributed by atoms with E-state index >= 15 is 0 Å². The van der Waals surface area contributed by atoms with Crippen LogP contribution in [0.2, 0.25) is 5.02 Å². The van der Waals surface area contributed by atoms with Crippen molar-refractivity contribution in [3.05, 3.63) is 53.2 Å². The predicted octanol–water partition coefficient (Wildman–Crippen LogP) is 5.24. The van der Waals surface area contributed by atoms with Crippen LogP contribution in [-0.4, -0.2) is 59.2 Å². The predicted molar refractivity (Wildman–Crippen MR) is 136 cm³/mol. The number of pyridine rings is 1. The molecule has 2 aromatic heterocycles. The summed E-state index contributed by atoms with van der Waals surface area (Å²) in [7, 11) is 1.90. The van der Waals surface area contributed by atoms with E-state index in [1.165, 1.54) is 12.1 Å². The minimum atomic E-state index is -4.40. The summed E-state index contributed by atoms with van der Waals surface area (Å²) < 4.78 is 38.8. The first-order valence-corrected chi connectivity index (χ1v) is 12.1. The number of nitrogens with zero attached hydrogens (tertiary/aromatic N) is 7. The molecule has 192 valence electrons. The van der Waals surface area contributed by atoms with Gasteiger partial charge in [-0.1, -0.05) is 18.5 Å². The van der Waals surface area contributed by atoms with Crippen LogP contribution < -0.4 is 20.0 Å². The van der Waals surface area contributed by atoms with Gasteiger partial charge in [0.05, 0.1) is 10.6 Å². The first-order valence-electron chi connectivity index (χ1n) is 11.7. The van der Waals surface area contributed by atoms with E-state index in [0.29, 0.717) is 42.2 Å². The fraction of sp³-hybridized carbons (Fsp3) is 0.417. The highest BCUT2D eigenvalue weighted by molar-refractivity contribution is 6.32. The number of piperazine rings is 1. The summed E-state index contributed by atoms with van der Waals surface area (Å²) >= 11 is 6.35. The van der Waals surface area contributed by atoms with E-state index in [0.717, 1.165) is 30.9 Å². The average Bonchev–Trinajstić information content (AvgIpc) is 2.84. The average molecular weight is 521 g/mol. The number of hydrogen-bond acceptors (Lipinski definition) is 8. The zero-order valence-electron chi connectivity index (χ0n) is 20.3. The van der Waals surface area contributed by atoms with Crippen LogP contribution in [0.4, 0.5) is 42.5 Å². The van der Waals surface area contributed by atoms with E-state index in [4.69, 9.17) is 16.6 Å². The van der Waals surface area contributed by atoms with Crippen molar-refractivity contribution in [2.24, 2.45) is 0 Å². The van der Waals surface area contributed by atoms with Crippen LogP contribution in [0, 0.1) is 0 Å².